The Hall–Kier alpha value is -2.29. The SMILES string of the molecule is CC(C)c1ccc2oc3cc(O)ccc3c(=O)c2c1. The number of rotatable bonds is 1. The quantitative estimate of drug-likeness (QED) is 0.672. The highest BCUT2D eigenvalue weighted by atomic mass is 16.3. The average molecular weight is 254 g/mol. The van der Waals surface area contributed by atoms with E-state index in [-0.39, 0.29) is 11.2 Å². The van der Waals surface area contributed by atoms with Crippen molar-refractivity contribution in [3.05, 3.63) is 52.2 Å². The predicted octanol–water partition coefficient (Wildman–Crippen LogP) is 3.78. The number of benzene rings is 2. The van der Waals surface area contributed by atoms with Gasteiger partial charge in [-0.05, 0) is 35.7 Å². The molecule has 0 amide bonds. The fraction of sp³-hybridized carbons (Fsp3) is 0.188. The van der Waals surface area contributed by atoms with Crippen molar-refractivity contribution in [1.29, 1.82) is 0 Å². The van der Waals surface area contributed by atoms with Gasteiger partial charge >= 0.3 is 0 Å². The van der Waals surface area contributed by atoms with Crippen LogP contribution >= 0.6 is 0 Å². The van der Waals surface area contributed by atoms with Crippen molar-refractivity contribution in [2.75, 3.05) is 0 Å². The molecular weight excluding hydrogens is 240 g/mol. The molecule has 0 saturated heterocycles. The van der Waals surface area contributed by atoms with Crippen molar-refractivity contribution in [2.45, 2.75) is 19.8 Å². The number of aromatic hydroxyl groups is 1. The van der Waals surface area contributed by atoms with E-state index in [0.717, 1.165) is 5.56 Å². The van der Waals surface area contributed by atoms with Crippen LogP contribution in [0.1, 0.15) is 25.3 Å². The molecule has 0 fully saturated rings. The number of hydrogen-bond acceptors (Lipinski definition) is 3. The molecule has 3 heteroatoms. The van der Waals surface area contributed by atoms with Gasteiger partial charge in [0.15, 0.2) is 0 Å². The molecule has 0 aliphatic rings. The maximum atomic E-state index is 12.4. The van der Waals surface area contributed by atoms with E-state index in [1.807, 2.05) is 18.2 Å². The summed E-state index contributed by atoms with van der Waals surface area (Å²) in [5.74, 6) is 0.452. The van der Waals surface area contributed by atoms with Crippen LogP contribution in [0.15, 0.2) is 45.6 Å². The molecule has 1 aromatic heterocycles. The highest BCUT2D eigenvalue weighted by molar-refractivity contribution is 5.90. The van der Waals surface area contributed by atoms with Gasteiger partial charge in [0.2, 0.25) is 5.43 Å². The highest BCUT2D eigenvalue weighted by Gasteiger charge is 2.10. The molecule has 1 heterocycles. The van der Waals surface area contributed by atoms with Crippen molar-refractivity contribution in [3.8, 4) is 5.75 Å². The van der Waals surface area contributed by atoms with E-state index < -0.39 is 0 Å². The zero-order valence-corrected chi connectivity index (χ0v) is 10.8. The molecule has 1 N–H and O–H groups in total. The summed E-state index contributed by atoms with van der Waals surface area (Å²) in [5.41, 5.74) is 2.01. The number of fused-ring (bicyclic) bond motifs is 2. The third kappa shape index (κ3) is 1.87. The molecule has 0 radical (unpaired) electrons. The minimum Gasteiger partial charge on any atom is -0.508 e. The van der Waals surface area contributed by atoms with Gasteiger partial charge in [-0.15, -0.1) is 0 Å². The summed E-state index contributed by atoms with van der Waals surface area (Å²) >= 11 is 0. The second-order valence-electron chi connectivity index (χ2n) is 5.02. The Morgan fingerprint density at radius 3 is 2.53 bits per heavy atom. The Balaban J connectivity index is 2.44. The molecule has 2 aromatic carbocycles. The fourth-order valence-corrected chi connectivity index (χ4v) is 2.22. The molecule has 0 bridgehead atoms. The minimum absolute atomic E-state index is 0.0567. The molecule has 0 aliphatic heterocycles. The smallest absolute Gasteiger partial charge is 0.200 e. The summed E-state index contributed by atoms with van der Waals surface area (Å²) < 4.78 is 5.68. The van der Waals surface area contributed by atoms with Crippen LogP contribution in [0, 0.1) is 0 Å². The summed E-state index contributed by atoms with van der Waals surface area (Å²) in [5, 5.41) is 10.5. The number of phenols is 1. The zero-order chi connectivity index (χ0) is 13.6. The Morgan fingerprint density at radius 1 is 1.00 bits per heavy atom. The lowest BCUT2D eigenvalue weighted by molar-refractivity contribution is 0.474. The molecule has 0 atom stereocenters. The minimum atomic E-state index is -0.0567. The van der Waals surface area contributed by atoms with E-state index in [4.69, 9.17) is 4.42 Å². The summed E-state index contributed by atoms with van der Waals surface area (Å²) in [6.45, 7) is 4.17. The van der Waals surface area contributed by atoms with Crippen molar-refractivity contribution in [2.24, 2.45) is 0 Å². The van der Waals surface area contributed by atoms with Gasteiger partial charge in [0.25, 0.3) is 0 Å². The monoisotopic (exact) mass is 254 g/mol. The van der Waals surface area contributed by atoms with Gasteiger partial charge in [-0.3, -0.25) is 4.79 Å². The first-order chi connectivity index (χ1) is 9.06. The van der Waals surface area contributed by atoms with Crippen LogP contribution in [0.2, 0.25) is 0 Å². The lowest BCUT2D eigenvalue weighted by Crippen LogP contribution is -2.03. The Labute approximate surface area is 110 Å². The highest BCUT2D eigenvalue weighted by Crippen LogP contribution is 2.24. The van der Waals surface area contributed by atoms with Gasteiger partial charge in [-0.25, -0.2) is 0 Å². The van der Waals surface area contributed by atoms with Crippen LogP contribution in [0.5, 0.6) is 5.75 Å². The van der Waals surface area contributed by atoms with Crippen LogP contribution in [-0.2, 0) is 0 Å². The average Bonchev–Trinajstić information content (AvgIpc) is 2.38. The standard InChI is InChI=1S/C16H14O3/c1-9(2)10-3-6-14-13(7-10)16(18)12-5-4-11(17)8-15(12)19-14/h3-9,17H,1-2H3. The van der Waals surface area contributed by atoms with Crippen molar-refractivity contribution in [3.63, 3.8) is 0 Å². The summed E-state index contributed by atoms with van der Waals surface area (Å²) in [7, 11) is 0. The molecule has 0 aliphatic carbocycles. The maximum absolute atomic E-state index is 12.4. The predicted molar refractivity (Wildman–Crippen MR) is 75.7 cm³/mol. The van der Waals surface area contributed by atoms with Gasteiger partial charge in [0.1, 0.15) is 16.9 Å². The van der Waals surface area contributed by atoms with E-state index in [1.165, 1.54) is 12.1 Å². The molecule has 0 unspecified atom stereocenters. The molecule has 3 aromatic rings. The third-order valence-corrected chi connectivity index (χ3v) is 3.34. The molecular formula is C16H14O3. The first-order valence-corrected chi connectivity index (χ1v) is 6.26. The molecule has 96 valence electrons. The van der Waals surface area contributed by atoms with Crippen LogP contribution in [0.3, 0.4) is 0 Å². The van der Waals surface area contributed by atoms with Crippen molar-refractivity contribution < 1.29 is 9.52 Å². The molecule has 0 spiro atoms. The van der Waals surface area contributed by atoms with Crippen LogP contribution in [0.4, 0.5) is 0 Å². The van der Waals surface area contributed by atoms with Gasteiger partial charge in [0.05, 0.1) is 10.8 Å². The lowest BCUT2D eigenvalue weighted by atomic mass is 10.0. The Morgan fingerprint density at radius 2 is 1.79 bits per heavy atom. The van der Waals surface area contributed by atoms with Crippen LogP contribution < -0.4 is 5.43 Å². The van der Waals surface area contributed by atoms with Gasteiger partial charge in [-0.1, -0.05) is 19.9 Å². The van der Waals surface area contributed by atoms with Crippen molar-refractivity contribution >= 4 is 21.9 Å². The van der Waals surface area contributed by atoms with Crippen molar-refractivity contribution in [1.82, 2.24) is 0 Å². The first kappa shape index (κ1) is 11.8. The van der Waals surface area contributed by atoms with Gasteiger partial charge < -0.3 is 9.52 Å². The maximum Gasteiger partial charge on any atom is 0.200 e. The second-order valence-corrected chi connectivity index (χ2v) is 5.02. The lowest BCUT2D eigenvalue weighted by Gasteiger charge is -2.07. The summed E-state index contributed by atoms with van der Waals surface area (Å²) in [4.78, 5) is 12.4. The largest absolute Gasteiger partial charge is 0.508 e. The zero-order valence-electron chi connectivity index (χ0n) is 10.8. The first-order valence-electron chi connectivity index (χ1n) is 6.26. The number of phenolic OH excluding ortho intramolecular Hbond substituents is 1. The topological polar surface area (TPSA) is 50.4 Å². The molecule has 3 rings (SSSR count). The Bertz CT molecular complexity index is 828. The van der Waals surface area contributed by atoms with E-state index in [2.05, 4.69) is 13.8 Å². The van der Waals surface area contributed by atoms with E-state index in [9.17, 15) is 9.90 Å². The molecule has 19 heavy (non-hydrogen) atoms. The normalized spacial score (nSPS) is 11.5. The Kier molecular flexibility index (Phi) is 2.56. The molecule has 0 saturated carbocycles. The van der Waals surface area contributed by atoms with E-state index in [0.29, 0.717) is 27.9 Å². The van der Waals surface area contributed by atoms with Crippen LogP contribution in [-0.4, -0.2) is 5.11 Å². The van der Waals surface area contributed by atoms with Crippen LogP contribution in [0.25, 0.3) is 21.9 Å². The third-order valence-electron chi connectivity index (χ3n) is 3.34. The molecule has 3 nitrogen and oxygen atoms in total. The second kappa shape index (κ2) is 4.12. The van der Waals surface area contributed by atoms with Gasteiger partial charge in [0, 0.05) is 6.07 Å². The van der Waals surface area contributed by atoms with Gasteiger partial charge in [-0.2, -0.15) is 0 Å². The van der Waals surface area contributed by atoms with E-state index in [1.54, 1.807) is 6.07 Å². The number of hydrogen-bond donors (Lipinski definition) is 1. The summed E-state index contributed by atoms with van der Waals surface area (Å²) in [6.07, 6.45) is 0. The summed E-state index contributed by atoms with van der Waals surface area (Å²) in [6, 6.07) is 10.2. The fourth-order valence-electron chi connectivity index (χ4n) is 2.22. The van der Waals surface area contributed by atoms with E-state index >= 15 is 0 Å².